The van der Waals surface area contributed by atoms with Gasteiger partial charge in [-0.15, -0.1) is 0 Å². The van der Waals surface area contributed by atoms with Crippen LogP contribution in [0.15, 0.2) is 54.6 Å². The molecule has 0 saturated carbocycles. The lowest BCUT2D eigenvalue weighted by Gasteiger charge is -2.39. The zero-order valence-corrected chi connectivity index (χ0v) is 25.9. The van der Waals surface area contributed by atoms with Crippen LogP contribution in [0.2, 0.25) is 0 Å². The Morgan fingerprint density at radius 2 is 0.757 bits per heavy atom. The second kappa shape index (κ2) is 9.96. The standard InChI is InChI=1S/C34H45O2P/c1-31(2,3)23-17-14-18-24(32(4,5)6)28(23)22-16-13-21-27(37(35)36)29(22)30-25(33(7,8)9)19-15-20-26(30)34(10,11)12/h13-21H,1-12H3/q-2. The van der Waals surface area contributed by atoms with Crippen molar-refractivity contribution in [3.63, 3.8) is 0 Å². The number of hydrogen-bond acceptors (Lipinski definition) is 2. The Balaban J connectivity index is 2.69. The zero-order chi connectivity index (χ0) is 28.1. The summed E-state index contributed by atoms with van der Waals surface area (Å²) < 4.78 is 0. The lowest BCUT2D eigenvalue weighted by atomic mass is 9.70. The molecule has 200 valence electrons. The quantitative estimate of drug-likeness (QED) is 0.333. The summed E-state index contributed by atoms with van der Waals surface area (Å²) in [7, 11) is -2.82. The van der Waals surface area contributed by atoms with Crippen molar-refractivity contribution in [2.45, 2.75) is 105 Å². The number of benzene rings is 3. The van der Waals surface area contributed by atoms with Gasteiger partial charge in [-0.05, 0) is 71.5 Å². The van der Waals surface area contributed by atoms with E-state index in [1.165, 1.54) is 11.1 Å². The molecule has 0 aliphatic rings. The Bertz CT molecular complexity index is 1210. The van der Waals surface area contributed by atoms with E-state index in [0.717, 1.165) is 33.4 Å². The lowest BCUT2D eigenvalue weighted by molar-refractivity contribution is -0.287. The minimum Gasteiger partial charge on any atom is -0.838 e. The molecule has 0 N–H and O–H groups in total. The number of rotatable bonds is 3. The van der Waals surface area contributed by atoms with Gasteiger partial charge in [0.15, 0.2) is 0 Å². The molecule has 0 saturated heterocycles. The summed E-state index contributed by atoms with van der Waals surface area (Å²) in [5.41, 5.74) is 8.21. The summed E-state index contributed by atoms with van der Waals surface area (Å²) in [5, 5.41) is 0.387. The molecule has 0 aliphatic carbocycles. The Kier molecular flexibility index (Phi) is 7.96. The molecule has 0 aliphatic heterocycles. The zero-order valence-electron chi connectivity index (χ0n) is 25.0. The fourth-order valence-electron chi connectivity index (χ4n) is 5.33. The van der Waals surface area contributed by atoms with E-state index in [1.54, 1.807) is 6.07 Å². The molecule has 0 unspecified atom stereocenters. The molecular weight excluding hydrogens is 471 g/mol. The van der Waals surface area contributed by atoms with E-state index in [1.807, 2.05) is 6.07 Å². The van der Waals surface area contributed by atoms with Crippen molar-refractivity contribution in [3.05, 3.63) is 76.9 Å². The first-order chi connectivity index (χ1) is 16.8. The molecule has 0 heterocycles. The first-order valence-corrected chi connectivity index (χ1v) is 14.5. The first-order valence-electron chi connectivity index (χ1n) is 13.3. The predicted molar refractivity (Wildman–Crippen MR) is 159 cm³/mol. The second-order valence-corrected chi connectivity index (χ2v) is 15.4. The van der Waals surface area contributed by atoms with Crippen LogP contribution >= 0.6 is 8.38 Å². The van der Waals surface area contributed by atoms with E-state index in [4.69, 9.17) is 0 Å². The van der Waals surface area contributed by atoms with Gasteiger partial charge in [-0.25, -0.2) is 0 Å². The van der Waals surface area contributed by atoms with E-state index in [2.05, 4.69) is 126 Å². The Morgan fingerprint density at radius 3 is 1.08 bits per heavy atom. The Morgan fingerprint density at radius 1 is 0.432 bits per heavy atom. The van der Waals surface area contributed by atoms with Crippen LogP contribution in [0, 0.1) is 0 Å². The van der Waals surface area contributed by atoms with Crippen LogP contribution in [0.3, 0.4) is 0 Å². The van der Waals surface area contributed by atoms with E-state index < -0.39 is 8.38 Å². The maximum absolute atomic E-state index is 12.9. The molecule has 3 rings (SSSR count). The van der Waals surface area contributed by atoms with Crippen molar-refractivity contribution in [1.82, 2.24) is 0 Å². The topological polar surface area (TPSA) is 46.1 Å². The van der Waals surface area contributed by atoms with Crippen LogP contribution in [0.4, 0.5) is 0 Å². The highest BCUT2D eigenvalue weighted by Crippen LogP contribution is 2.48. The molecule has 3 heteroatoms. The van der Waals surface area contributed by atoms with E-state index in [-0.39, 0.29) is 21.7 Å². The summed E-state index contributed by atoms with van der Waals surface area (Å²) in [6, 6.07) is 18.8. The fraction of sp³-hybridized carbons (Fsp3) is 0.471. The molecule has 0 bridgehead atoms. The Hall–Kier alpha value is -1.99. The van der Waals surface area contributed by atoms with Crippen LogP contribution in [0.5, 0.6) is 0 Å². The number of hydrogen-bond donors (Lipinski definition) is 0. The van der Waals surface area contributed by atoms with Crippen LogP contribution < -0.4 is 15.1 Å². The van der Waals surface area contributed by atoms with Gasteiger partial charge in [-0.2, -0.15) is 0 Å². The van der Waals surface area contributed by atoms with Crippen LogP contribution in [0.25, 0.3) is 22.3 Å². The molecule has 37 heavy (non-hydrogen) atoms. The largest absolute Gasteiger partial charge is 0.838 e. The van der Waals surface area contributed by atoms with E-state index >= 15 is 0 Å². The summed E-state index contributed by atoms with van der Waals surface area (Å²) >= 11 is 0. The predicted octanol–water partition coefficient (Wildman–Crippen LogP) is 7.87. The van der Waals surface area contributed by atoms with Gasteiger partial charge in [-0.3, -0.25) is 8.38 Å². The van der Waals surface area contributed by atoms with Crippen LogP contribution in [-0.2, 0) is 21.7 Å². The van der Waals surface area contributed by atoms with Gasteiger partial charge in [0.25, 0.3) is 0 Å². The van der Waals surface area contributed by atoms with E-state index in [9.17, 15) is 9.79 Å². The van der Waals surface area contributed by atoms with Crippen molar-refractivity contribution >= 4 is 13.7 Å². The summed E-state index contributed by atoms with van der Waals surface area (Å²) in [6.07, 6.45) is 0. The third kappa shape index (κ3) is 6.03. The van der Waals surface area contributed by atoms with Gasteiger partial charge in [-0.1, -0.05) is 138 Å². The normalized spacial score (nSPS) is 13.4. The third-order valence-corrected chi connectivity index (χ3v) is 7.89. The third-order valence-electron chi connectivity index (χ3n) is 7.12. The van der Waals surface area contributed by atoms with Crippen LogP contribution in [0.1, 0.15) is 105 Å². The highest BCUT2D eigenvalue weighted by atomic mass is 31.2. The smallest absolute Gasteiger partial charge is 0.00471 e. The van der Waals surface area contributed by atoms with Crippen molar-refractivity contribution < 1.29 is 9.79 Å². The van der Waals surface area contributed by atoms with Crippen molar-refractivity contribution in [2.24, 2.45) is 0 Å². The summed E-state index contributed by atoms with van der Waals surface area (Å²) in [5.74, 6) is 0. The molecule has 0 atom stereocenters. The average molecular weight is 517 g/mol. The Labute approximate surface area is 227 Å². The highest BCUT2D eigenvalue weighted by Gasteiger charge is 2.32. The molecule has 3 aromatic carbocycles. The molecule has 0 radical (unpaired) electrons. The lowest BCUT2D eigenvalue weighted by Crippen LogP contribution is -2.26. The minimum atomic E-state index is -2.82. The SMILES string of the molecule is CC(C)(C)c1cccc(C(C)(C)C)c1-c1cccc(P([O-])[O-])c1-c1c(C(C)(C)C)cccc1C(C)(C)C. The molecule has 0 fully saturated rings. The minimum absolute atomic E-state index is 0.125. The van der Waals surface area contributed by atoms with Crippen molar-refractivity contribution in [3.8, 4) is 22.3 Å². The van der Waals surface area contributed by atoms with Crippen molar-refractivity contribution in [2.75, 3.05) is 0 Å². The molecule has 0 spiro atoms. The van der Waals surface area contributed by atoms with Gasteiger partial charge >= 0.3 is 0 Å². The van der Waals surface area contributed by atoms with Crippen molar-refractivity contribution in [1.29, 1.82) is 0 Å². The maximum Gasteiger partial charge on any atom is -0.00471 e. The first kappa shape index (κ1) is 29.6. The van der Waals surface area contributed by atoms with Gasteiger partial charge in [0, 0.05) is 0 Å². The molecule has 2 nitrogen and oxygen atoms in total. The van der Waals surface area contributed by atoms with E-state index in [0.29, 0.717) is 5.30 Å². The highest BCUT2D eigenvalue weighted by molar-refractivity contribution is 7.51. The second-order valence-electron chi connectivity index (χ2n) is 14.4. The summed E-state index contributed by atoms with van der Waals surface area (Å²) in [4.78, 5) is 25.8. The van der Waals surface area contributed by atoms with Gasteiger partial charge in [0.1, 0.15) is 0 Å². The van der Waals surface area contributed by atoms with Gasteiger partial charge in [0.2, 0.25) is 0 Å². The van der Waals surface area contributed by atoms with Crippen LogP contribution in [-0.4, -0.2) is 0 Å². The van der Waals surface area contributed by atoms with Gasteiger partial charge < -0.3 is 9.79 Å². The maximum atomic E-state index is 12.9. The average Bonchev–Trinajstić information content (AvgIpc) is 2.75. The molecule has 3 aromatic rings. The fourth-order valence-corrected chi connectivity index (χ4v) is 5.95. The molecule has 0 amide bonds. The molecule has 0 aromatic heterocycles. The monoisotopic (exact) mass is 516 g/mol. The van der Waals surface area contributed by atoms with Gasteiger partial charge in [0.05, 0.1) is 0 Å². The molecular formula is C34H45O2P-2. The summed E-state index contributed by atoms with van der Waals surface area (Å²) in [6.45, 7) is 26.7.